The summed E-state index contributed by atoms with van der Waals surface area (Å²) in [4.78, 5) is 0. The van der Waals surface area contributed by atoms with Crippen molar-refractivity contribution < 1.29 is 14.2 Å². The Morgan fingerprint density at radius 2 is 2.39 bits per heavy atom. The highest BCUT2D eigenvalue weighted by molar-refractivity contribution is 9.09. The normalized spacial score (nSPS) is 20.9. The lowest BCUT2D eigenvalue weighted by Gasteiger charge is -2.19. The Morgan fingerprint density at radius 3 is 3.06 bits per heavy atom. The first-order valence-corrected chi connectivity index (χ1v) is 7.38. The van der Waals surface area contributed by atoms with Crippen LogP contribution < -0.4 is 4.74 Å². The van der Waals surface area contributed by atoms with Crippen LogP contribution in [0.2, 0.25) is 0 Å². The van der Waals surface area contributed by atoms with Crippen LogP contribution in [-0.2, 0) is 9.47 Å². The number of benzene rings is 1. The molecule has 1 saturated heterocycles. The number of hydrogen-bond acceptors (Lipinski definition) is 3. The van der Waals surface area contributed by atoms with Crippen molar-refractivity contribution in [2.45, 2.75) is 25.0 Å². The van der Waals surface area contributed by atoms with Crippen LogP contribution >= 0.6 is 15.9 Å². The number of hydrogen-bond donors (Lipinski definition) is 0. The van der Waals surface area contributed by atoms with E-state index in [0.717, 1.165) is 36.1 Å². The highest BCUT2D eigenvalue weighted by Gasteiger charge is 2.19. The van der Waals surface area contributed by atoms with E-state index in [1.165, 1.54) is 0 Å². The molecule has 100 valence electrons. The van der Waals surface area contributed by atoms with Gasteiger partial charge in [-0.1, -0.05) is 28.1 Å². The summed E-state index contributed by atoms with van der Waals surface area (Å²) in [5, 5.41) is 0.771. The third-order valence-corrected chi connectivity index (χ3v) is 3.70. The van der Waals surface area contributed by atoms with E-state index < -0.39 is 0 Å². The summed E-state index contributed by atoms with van der Waals surface area (Å²) in [6.45, 7) is 1.53. The Balaban J connectivity index is 1.93. The Morgan fingerprint density at radius 1 is 1.50 bits per heavy atom. The summed E-state index contributed by atoms with van der Waals surface area (Å²) in [7, 11) is 1.68. The molecule has 0 aromatic heterocycles. The van der Waals surface area contributed by atoms with Crippen molar-refractivity contribution in [3.63, 3.8) is 0 Å². The molecule has 2 rings (SSSR count). The molecular weight excluding hydrogens is 296 g/mol. The van der Waals surface area contributed by atoms with Crippen LogP contribution in [0.4, 0.5) is 0 Å². The minimum absolute atomic E-state index is 0.0456. The fraction of sp³-hybridized carbons (Fsp3) is 0.571. The fourth-order valence-electron chi connectivity index (χ4n) is 2.07. The van der Waals surface area contributed by atoms with Crippen molar-refractivity contribution in [3.05, 3.63) is 29.8 Å². The summed E-state index contributed by atoms with van der Waals surface area (Å²) >= 11 is 3.50. The van der Waals surface area contributed by atoms with E-state index in [4.69, 9.17) is 14.2 Å². The largest absolute Gasteiger partial charge is 0.497 e. The Kier molecular flexibility index (Phi) is 5.47. The van der Waals surface area contributed by atoms with Crippen LogP contribution in [0, 0.1) is 0 Å². The molecule has 0 saturated carbocycles. The van der Waals surface area contributed by atoms with Crippen molar-refractivity contribution in [1.29, 1.82) is 0 Å². The van der Waals surface area contributed by atoms with E-state index in [1.54, 1.807) is 7.11 Å². The predicted octanol–water partition coefficient (Wildman–Crippen LogP) is 3.33. The maximum absolute atomic E-state index is 5.93. The van der Waals surface area contributed by atoms with Crippen molar-refractivity contribution >= 4 is 15.9 Å². The van der Waals surface area contributed by atoms with Crippen LogP contribution in [-0.4, -0.2) is 31.8 Å². The van der Waals surface area contributed by atoms with Crippen molar-refractivity contribution in [3.8, 4) is 5.75 Å². The summed E-state index contributed by atoms with van der Waals surface area (Å²) < 4.78 is 16.7. The number of rotatable bonds is 6. The van der Waals surface area contributed by atoms with Crippen LogP contribution in [0.3, 0.4) is 0 Å². The molecule has 1 fully saturated rings. The lowest BCUT2D eigenvalue weighted by Crippen LogP contribution is -2.17. The van der Waals surface area contributed by atoms with Crippen LogP contribution in [0.25, 0.3) is 0 Å². The second-order valence-electron chi connectivity index (χ2n) is 4.39. The standard InChI is InChI=1S/C14H19BrO3/c1-16-12-5-2-4-11(8-12)14(9-15)18-10-13-6-3-7-17-13/h2,4-5,8,13-14H,3,6-7,9-10H2,1H3. The molecule has 2 unspecified atom stereocenters. The Bertz CT molecular complexity index is 364. The molecule has 0 aliphatic carbocycles. The average molecular weight is 315 g/mol. The third-order valence-electron chi connectivity index (χ3n) is 3.11. The summed E-state index contributed by atoms with van der Waals surface area (Å²) in [5.74, 6) is 0.860. The molecule has 3 nitrogen and oxygen atoms in total. The van der Waals surface area contributed by atoms with Crippen LogP contribution in [0.5, 0.6) is 5.75 Å². The molecule has 1 aliphatic rings. The number of methoxy groups -OCH3 is 1. The molecular formula is C14H19BrO3. The van der Waals surface area contributed by atoms with Gasteiger partial charge >= 0.3 is 0 Å². The first-order valence-electron chi connectivity index (χ1n) is 6.26. The molecule has 2 atom stereocenters. The quantitative estimate of drug-likeness (QED) is 0.754. The fourth-order valence-corrected chi connectivity index (χ4v) is 2.63. The van der Waals surface area contributed by atoms with Gasteiger partial charge in [0, 0.05) is 11.9 Å². The second-order valence-corrected chi connectivity index (χ2v) is 5.04. The van der Waals surface area contributed by atoms with Crippen molar-refractivity contribution in [2.24, 2.45) is 0 Å². The van der Waals surface area contributed by atoms with Gasteiger partial charge in [0.1, 0.15) is 5.75 Å². The van der Waals surface area contributed by atoms with Gasteiger partial charge in [-0.3, -0.25) is 0 Å². The van der Waals surface area contributed by atoms with Crippen molar-refractivity contribution in [2.75, 3.05) is 25.7 Å². The lowest BCUT2D eigenvalue weighted by molar-refractivity contribution is -0.0128. The zero-order valence-electron chi connectivity index (χ0n) is 10.6. The molecule has 0 amide bonds. The molecule has 18 heavy (non-hydrogen) atoms. The van der Waals surface area contributed by atoms with Gasteiger partial charge in [0.05, 0.1) is 25.9 Å². The van der Waals surface area contributed by atoms with Crippen LogP contribution in [0.15, 0.2) is 24.3 Å². The second kappa shape index (κ2) is 7.12. The minimum Gasteiger partial charge on any atom is -0.497 e. The van der Waals surface area contributed by atoms with Gasteiger partial charge in [0.2, 0.25) is 0 Å². The molecule has 1 heterocycles. The van der Waals surface area contributed by atoms with Gasteiger partial charge in [-0.15, -0.1) is 0 Å². The minimum atomic E-state index is 0.0456. The molecule has 1 aromatic rings. The van der Waals surface area contributed by atoms with E-state index in [0.29, 0.717) is 6.61 Å². The molecule has 0 bridgehead atoms. The van der Waals surface area contributed by atoms with Gasteiger partial charge in [0.15, 0.2) is 0 Å². The van der Waals surface area contributed by atoms with E-state index in [9.17, 15) is 0 Å². The highest BCUT2D eigenvalue weighted by atomic mass is 79.9. The maximum atomic E-state index is 5.93. The van der Waals surface area contributed by atoms with Gasteiger partial charge in [-0.25, -0.2) is 0 Å². The predicted molar refractivity (Wildman–Crippen MR) is 74.5 cm³/mol. The summed E-state index contributed by atoms with van der Waals surface area (Å²) in [6.07, 6.45) is 2.56. The highest BCUT2D eigenvalue weighted by Crippen LogP contribution is 2.25. The lowest BCUT2D eigenvalue weighted by atomic mass is 10.1. The Labute approximate surface area is 117 Å². The third kappa shape index (κ3) is 3.70. The van der Waals surface area contributed by atoms with E-state index in [-0.39, 0.29) is 12.2 Å². The zero-order chi connectivity index (χ0) is 12.8. The number of alkyl halides is 1. The monoisotopic (exact) mass is 314 g/mol. The zero-order valence-corrected chi connectivity index (χ0v) is 12.2. The molecule has 0 radical (unpaired) electrons. The smallest absolute Gasteiger partial charge is 0.119 e. The summed E-state index contributed by atoms with van der Waals surface area (Å²) in [6, 6.07) is 8.00. The topological polar surface area (TPSA) is 27.7 Å². The van der Waals surface area contributed by atoms with Crippen molar-refractivity contribution in [1.82, 2.24) is 0 Å². The molecule has 1 aromatic carbocycles. The van der Waals surface area contributed by atoms with Gasteiger partial charge in [-0.05, 0) is 30.5 Å². The van der Waals surface area contributed by atoms with E-state index in [1.807, 2.05) is 18.2 Å². The Hall–Kier alpha value is -0.580. The van der Waals surface area contributed by atoms with E-state index >= 15 is 0 Å². The molecule has 1 aliphatic heterocycles. The first-order chi connectivity index (χ1) is 8.83. The maximum Gasteiger partial charge on any atom is 0.119 e. The first kappa shape index (κ1) is 13.8. The van der Waals surface area contributed by atoms with E-state index in [2.05, 4.69) is 22.0 Å². The SMILES string of the molecule is COc1cccc(C(CBr)OCC2CCCO2)c1. The molecule has 4 heteroatoms. The molecule has 0 spiro atoms. The average Bonchev–Trinajstić information content (AvgIpc) is 2.93. The number of halogens is 1. The van der Waals surface area contributed by atoms with Gasteiger partial charge in [0.25, 0.3) is 0 Å². The number of ether oxygens (including phenoxy) is 3. The summed E-state index contributed by atoms with van der Waals surface area (Å²) in [5.41, 5.74) is 1.13. The van der Waals surface area contributed by atoms with Gasteiger partial charge < -0.3 is 14.2 Å². The molecule has 0 N–H and O–H groups in total. The van der Waals surface area contributed by atoms with Crippen LogP contribution in [0.1, 0.15) is 24.5 Å². The van der Waals surface area contributed by atoms with Gasteiger partial charge in [-0.2, -0.15) is 0 Å².